The lowest BCUT2D eigenvalue weighted by Gasteiger charge is -2.16. The number of carbonyl (C=O) groups is 2. The fraction of sp³-hybridized carbons (Fsp3) is 0.227. The Morgan fingerprint density at radius 1 is 1.10 bits per heavy atom. The Kier molecular flexibility index (Phi) is 5.56. The first kappa shape index (κ1) is 18.7. The molecule has 29 heavy (non-hydrogen) atoms. The SMILES string of the molecule is O=C(Nc1cc(C2CCN(C(=O)OCc3ccccc3)C2)[nH]n1)c1ccccc1. The molecule has 1 aliphatic heterocycles. The summed E-state index contributed by atoms with van der Waals surface area (Å²) in [7, 11) is 0. The van der Waals surface area contributed by atoms with E-state index >= 15 is 0 Å². The van der Waals surface area contributed by atoms with E-state index in [1.165, 1.54) is 0 Å². The molecule has 1 aromatic heterocycles. The molecule has 0 radical (unpaired) electrons. The Bertz CT molecular complexity index is 972. The smallest absolute Gasteiger partial charge is 0.410 e. The number of ether oxygens (including phenoxy) is 1. The van der Waals surface area contributed by atoms with Gasteiger partial charge in [0.25, 0.3) is 5.91 Å². The molecule has 1 aliphatic rings. The van der Waals surface area contributed by atoms with Crippen molar-refractivity contribution in [3.63, 3.8) is 0 Å². The Labute approximate surface area is 168 Å². The minimum Gasteiger partial charge on any atom is -0.445 e. The summed E-state index contributed by atoms with van der Waals surface area (Å²) >= 11 is 0. The molecule has 2 aromatic carbocycles. The monoisotopic (exact) mass is 390 g/mol. The first-order chi connectivity index (χ1) is 14.2. The van der Waals surface area contributed by atoms with Gasteiger partial charge in [0, 0.05) is 36.3 Å². The summed E-state index contributed by atoms with van der Waals surface area (Å²) in [6.07, 6.45) is 0.503. The number of amides is 2. The second-order valence-corrected chi connectivity index (χ2v) is 7.00. The van der Waals surface area contributed by atoms with Crippen molar-refractivity contribution in [1.29, 1.82) is 0 Å². The molecule has 2 N–H and O–H groups in total. The van der Waals surface area contributed by atoms with Crippen LogP contribution in [0.25, 0.3) is 0 Å². The molecular formula is C22H22N4O3. The highest BCUT2D eigenvalue weighted by Gasteiger charge is 2.29. The van der Waals surface area contributed by atoms with E-state index in [2.05, 4.69) is 15.5 Å². The van der Waals surface area contributed by atoms with Crippen LogP contribution in [0.4, 0.5) is 10.6 Å². The van der Waals surface area contributed by atoms with Crippen LogP contribution in [0, 0.1) is 0 Å². The van der Waals surface area contributed by atoms with E-state index in [-0.39, 0.29) is 24.5 Å². The van der Waals surface area contributed by atoms with Crippen molar-refractivity contribution < 1.29 is 14.3 Å². The summed E-state index contributed by atoms with van der Waals surface area (Å²) in [4.78, 5) is 26.3. The van der Waals surface area contributed by atoms with Crippen LogP contribution in [0.1, 0.15) is 34.0 Å². The quantitative estimate of drug-likeness (QED) is 0.694. The van der Waals surface area contributed by atoms with Gasteiger partial charge in [-0.05, 0) is 24.1 Å². The summed E-state index contributed by atoms with van der Waals surface area (Å²) in [6.45, 7) is 1.45. The highest BCUT2D eigenvalue weighted by Crippen LogP contribution is 2.27. The number of hydrogen-bond acceptors (Lipinski definition) is 4. The van der Waals surface area contributed by atoms with Crippen LogP contribution in [0.3, 0.4) is 0 Å². The standard InChI is InChI=1S/C22H22N4O3/c27-21(17-9-5-2-6-10-17)23-20-13-19(24-25-20)18-11-12-26(14-18)22(28)29-15-16-7-3-1-4-8-16/h1-10,13,18H,11-12,14-15H2,(H2,23,24,25,27). The number of carbonyl (C=O) groups excluding carboxylic acids is 2. The molecule has 0 saturated carbocycles. The van der Waals surface area contributed by atoms with Crippen molar-refractivity contribution in [1.82, 2.24) is 15.1 Å². The zero-order valence-electron chi connectivity index (χ0n) is 15.9. The van der Waals surface area contributed by atoms with Crippen LogP contribution in [-0.4, -0.2) is 40.2 Å². The normalized spacial score (nSPS) is 15.9. The molecule has 1 unspecified atom stereocenters. The largest absolute Gasteiger partial charge is 0.445 e. The minimum atomic E-state index is -0.312. The number of nitrogens with one attached hydrogen (secondary N) is 2. The van der Waals surface area contributed by atoms with Gasteiger partial charge in [-0.1, -0.05) is 48.5 Å². The Morgan fingerprint density at radius 3 is 2.59 bits per heavy atom. The summed E-state index contributed by atoms with van der Waals surface area (Å²) < 4.78 is 5.41. The van der Waals surface area contributed by atoms with Gasteiger partial charge >= 0.3 is 6.09 Å². The van der Waals surface area contributed by atoms with E-state index in [9.17, 15) is 9.59 Å². The van der Waals surface area contributed by atoms with E-state index in [0.717, 1.165) is 17.7 Å². The fourth-order valence-electron chi connectivity index (χ4n) is 3.38. The molecule has 2 amide bonds. The number of aromatic amines is 1. The summed E-state index contributed by atoms with van der Waals surface area (Å²) in [5.74, 6) is 0.397. The fourth-order valence-corrected chi connectivity index (χ4v) is 3.38. The summed E-state index contributed by atoms with van der Waals surface area (Å²) in [5.41, 5.74) is 2.43. The molecule has 7 heteroatoms. The Hall–Kier alpha value is -3.61. The molecular weight excluding hydrogens is 368 g/mol. The molecule has 148 valence electrons. The first-order valence-corrected chi connectivity index (χ1v) is 9.56. The molecule has 1 saturated heterocycles. The van der Waals surface area contributed by atoms with Gasteiger partial charge in [-0.25, -0.2) is 4.79 Å². The van der Waals surface area contributed by atoms with Gasteiger partial charge < -0.3 is 15.0 Å². The number of H-pyrrole nitrogens is 1. The third kappa shape index (κ3) is 4.63. The average molecular weight is 390 g/mol. The van der Waals surface area contributed by atoms with Crippen molar-refractivity contribution in [3.8, 4) is 0 Å². The van der Waals surface area contributed by atoms with Crippen LogP contribution < -0.4 is 5.32 Å². The van der Waals surface area contributed by atoms with Gasteiger partial charge in [-0.3, -0.25) is 9.89 Å². The predicted molar refractivity (Wildman–Crippen MR) is 109 cm³/mol. The second-order valence-electron chi connectivity index (χ2n) is 7.00. The van der Waals surface area contributed by atoms with Crippen LogP contribution >= 0.6 is 0 Å². The molecule has 7 nitrogen and oxygen atoms in total. The predicted octanol–water partition coefficient (Wildman–Crippen LogP) is 3.79. The summed E-state index contributed by atoms with van der Waals surface area (Å²) in [5, 5.41) is 9.95. The number of aromatic nitrogens is 2. The Morgan fingerprint density at radius 2 is 1.83 bits per heavy atom. The summed E-state index contributed by atoms with van der Waals surface area (Å²) in [6, 6.07) is 20.4. The van der Waals surface area contributed by atoms with E-state index in [4.69, 9.17) is 4.74 Å². The average Bonchev–Trinajstić information content (AvgIpc) is 3.43. The number of hydrogen-bond donors (Lipinski definition) is 2. The molecule has 0 spiro atoms. The van der Waals surface area contributed by atoms with Gasteiger partial charge in [-0.15, -0.1) is 0 Å². The van der Waals surface area contributed by atoms with Crippen molar-refractivity contribution >= 4 is 17.8 Å². The number of anilines is 1. The zero-order valence-corrected chi connectivity index (χ0v) is 15.9. The molecule has 4 rings (SSSR count). The van der Waals surface area contributed by atoms with Gasteiger partial charge in [-0.2, -0.15) is 5.10 Å². The van der Waals surface area contributed by atoms with Crippen molar-refractivity contribution in [2.45, 2.75) is 18.9 Å². The van der Waals surface area contributed by atoms with Gasteiger partial charge in [0.05, 0.1) is 0 Å². The molecule has 1 fully saturated rings. The topological polar surface area (TPSA) is 87.3 Å². The minimum absolute atomic E-state index is 0.133. The van der Waals surface area contributed by atoms with Crippen LogP contribution in [0.15, 0.2) is 66.7 Å². The van der Waals surface area contributed by atoms with E-state index in [0.29, 0.717) is 24.5 Å². The molecule has 1 atom stereocenters. The number of likely N-dealkylation sites (tertiary alicyclic amines) is 1. The number of nitrogens with zero attached hydrogens (tertiary/aromatic N) is 2. The number of benzene rings is 2. The lowest BCUT2D eigenvalue weighted by atomic mass is 10.1. The number of rotatable bonds is 5. The Balaban J connectivity index is 1.30. The second kappa shape index (κ2) is 8.60. The molecule has 2 heterocycles. The molecule has 0 bridgehead atoms. The zero-order chi connectivity index (χ0) is 20.1. The maximum absolute atomic E-state index is 12.3. The molecule has 3 aromatic rings. The van der Waals surface area contributed by atoms with Crippen molar-refractivity contribution in [2.75, 3.05) is 18.4 Å². The lowest BCUT2D eigenvalue weighted by molar-refractivity contribution is 0.102. The van der Waals surface area contributed by atoms with Gasteiger partial charge in [0.1, 0.15) is 6.61 Å². The highest BCUT2D eigenvalue weighted by atomic mass is 16.6. The van der Waals surface area contributed by atoms with Crippen LogP contribution in [0.2, 0.25) is 0 Å². The maximum atomic E-state index is 12.3. The van der Waals surface area contributed by atoms with Crippen LogP contribution in [0.5, 0.6) is 0 Å². The first-order valence-electron chi connectivity index (χ1n) is 9.56. The highest BCUT2D eigenvalue weighted by molar-refractivity contribution is 6.03. The van der Waals surface area contributed by atoms with E-state index in [1.807, 2.05) is 54.6 Å². The van der Waals surface area contributed by atoms with Crippen LogP contribution in [-0.2, 0) is 11.3 Å². The van der Waals surface area contributed by atoms with E-state index < -0.39 is 0 Å². The lowest BCUT2D eigenvalue weighted by Crippen LogP contribution is -2.29. The van der Waals surface area contributed by atoms with E-state index in [1.54, 1.807) is 17.0 Å². The molecule has 0 aliphatic carbocycles. The van der Waals surface area contributed by atoms with Gasteiger partial charge in [0.2, 0.25) is 0 Å². The maximum Gasteiger partial charge on any atom is 0.410 e. The van der Waals surface area contributed by atoms with Crippen molar-refractivity contribution in [2.24, 2.45) is 0 Å². The van der Waals surface area contributed by atoms with Crippen molar-refractivity contribution in [3.05, 3.63) is 83.6 Å². The van der Waals surface area contributed by atoms with Gasteiger partial charge in [0.15, 0.2) is 5.82 Å². The third-order valence-electron chi connectivity index (χ3n) is 4.97. The third-order valence-corrected chi connectivity index (χ3v) is 4.97.